The predicted octanol–water partition coefficient (Wildman–Crippen LogP) is 2.39. The second kappa shape index (κ2) is 5.11. The summed E-state index contributed by atoms with van der Waals surface area (Å²) in [5, 5.41) is 0. The summed E-state index contributed by atoms with van der Waals surface area (Å²) in [6.07, 6.45) is 1.30. The van der Waals surface area contributed by atoms with Crippen molar-refractivity contribution in [2.75, 3.05) is 0 Å². The van der Waals surface area contributed by atoms with Crippen molar-refractivity contribution >= 4 is 18.1 Å². The van der Waals surface area contributed by atoms with Crippen molar-refractivity contribution in [3.8, 4) is 0 Å². The third-order valence-electron chi connectivity index (χ3n) is 2.07. The first-order valence-electron chi connectivity index (χ1n) is 4.65. The van der Waals surface area contributed by atoms with Crippen molar-refractivity contribution in [1.29, 1.82) is 0 Å². The van der Waals surface area contributed by atoms with E-state index >= 15 is 0 Å². The van der Waals surface area contributed by atoms with Gasteiger partial charge in [0.1, 0.15) is 9.76 Å². The molecule has 0 saturated heterocycles. The molecule has 0 amide bonds. The van der Waals surface area contributed by atoms with Gasteiger partial charge in [-0.05, 0) is 25.1 Å². The Labute approximate surface area is 74.6 Å². The van der Waals surface area contributed by atoms with Gasteiger partial charge in [-0.2, -0.15) is 0 Å². The Hall–Kier alpha value is 0.394. The lowest BCUT2D eigenvalue weighted by molar-refractivity contribution is 0.536. The van der Waals surface area contributed by atoms with Crippen LogP contribution in [0.5, 0.6) is 0 Å². The van der Waals surface area contributed by atoms with Gasteiger partial charge in [0.15, 0.2) is 8.32 Å². The van der Waals surface area contributed by atoms with E-state index in [0.717, 1.165) is 5.92 Å². The van der Waals surface area contributed by atoms with Crippen LogP contribution in [-0.2, 0) is 4.12 Å². The van der Waals surface area contributed by atoms with Gasteiger partial charge in [0.25, 0.3) is 0 Å². The minimum atomic E-state index is -1.23. The Morgan fingerprint density at radius 3 is 2.36 bits per heavy atom. The summed E-state index contributed by atoms with van der Waals surface area (Å²) in [5.74, 6) is 0.859. The molecule has 68 valence electrons. The molecule has 1 unspecified atom stereocenters. The maximum absolute atomic E-state index is 5.88. The van der Waals surface area contributed by atoms with E-state index < -0.39 is 8.32 Å². The fraction of sp³-hybridized carbons (Fsp3) is 1.00. The quantitative estimate of drug-likeness (QED) is 0.605. The molecule has 0 heterocycles. The van der Waals surface area contributed by atoms with Crippen LogP contribution in [0.1, 0.15) is 20.3 Å². The first kappa shape index (κ1) is 11.4. The van der Waals surface area contributed by atoms with Crippen LogP contribution in [-0.4, -0.2) is 18.1 Å². The average Bonchev–Trinajstić information content (AvgIpc) is 1.86. The highest BCUT2D eigenvalue weighted by molar-refractivity contribution is 6.75. The van der Waals surface area contributed by atoms with Crippen LogP contribution >= 0.6 is 0 Å². The van der Waals surface area contributed by atoms with Gasteiger partial charge in [0, 0.05) is 0 Å². The largest absolute Gasteiger partial charge is 0.461 e. The average molecular weight is 190 g/mol. The van der Waals surface area contributed by atoms with Crippen molar-refractivity contribution in [2.24, 2.45) is 5.92 Å². The Kier molecular flexibility index (Phi) is 5.30. The van der Waals surface area contributed by atoms with Gasteiger partial charge in [-0.25, -0.2) is 0 Å². The molecule has 0 rings (SSSR count). The fourth-order valence-corrected chi connectivity index (χ4v) is 7.00. The number of hydrogen-bond donors (Lipinski definition) is 0. The topological polar surface area (TPSA) is 9.23 Å². The third kappa shape index (κ3) is 5.64. The summed E-state index contributed by atoms with van der Waals surface area (Å²) < 4.78 is 5.88. The lowest BCUT2D eigenvalue weighted by atomic mass is 10.2. The van der Waals surface area contributed by atoms with Gasteiger partial charge in [0.05, 0.1) is 0 Å². The third-order valence-corrected chi connectivity index (χ3v) is 8.03. The van der Waals surface area contributed by atoms with E-state index in [-0.39, 0.29) is 9.76 Å². The van der Waals surface area contributed by atoms with Crippen molar-refractivity contribution in [1.82, 2.24) is 0 Å². The molecule has 0 radical (unpaired) electrons. The highest BCUT2D eigenvalue weighted by Gasteiger charge is 2.22. The van der Waals surface area contributed by atoms with E-state index in [2.05, 4.69) is 33.5 Å². The summed E-state index contributed by atoms with van der Waals surface area (Å²) in [6, 6.07) is 1.34. The molecule has 1 nitrogen and oxygen atoms in total. The monoisotopic (exact) mass is 190 g/mol. The zero-order valence-electron chi connectivity index (χ0n) is 8.61. The summed E-state index contributed by atoms with van der Waals surface area (Å²) in [6.45, 7) is 11.5. The molecule has 0 N–H and O–H groups in total. The summed E-state index contributed by atoms with van der Waals surface area (Å²) >= 11 is 0. The molecule has 0 spiro atoms. The highest BCUT2D eigenvalue weighted by atomic mass is 28.4. The van der Waals surface area contributed by atoms with Crippen LogP contribution in [0.15, 0.2) is 0 Å². The molecule has 0 aromatic rings. The van der Waals surface area contributed by atoms with Crippen molar-refractivity contribution in [3.05, 3.63) is 0 Å². The van der Waals surface area contributed by atoms with E-state index in [1.165, 1.54) is 12.5 Å². The number of hydrogen-bond acceptors (Lipinski definition) is 1. The van der Waals surface area contributed by atoms with Crippen LogP contribution in [0.4, 0.5) is 0 Å². The molecular weight excluding hydrogens is 168 g/mol. The summed E-state index contributed by atoms with van der Waals surface area (Å²) in [4.78, 5) is 0. The SMILES string of the molecule is CCC(C)C[Si](C)(C)O[SiH2]C. The van der Waals surface area contributed by atoms with Gasteiger partial charge in [-0.3, -0.25) is 0 Å². The zero-order chi connectivity index (χ0) is 8.91. The lowest BCUT2D eigenvalue weighted by Crippen LogP contribution is -2.33. The summed E-state index contributed by atoms with van der Waals surface area (Å²) in [5.41, 5.74) is 0. The molecule has 0 bridgehead atoms. The maximum atomic E-state index is 5.88. The normalized spacial score (nSPS) is 16.1. The summed E-state index contributed by atoms with van der Waals surface area (Å²) in [7, 11) is -1.40. The van der Waals surface area contributed by atoms with Crippen LogP contribution < -0.4 is 0 Å². The lowest BCUT2D eigenvalue weighted by Gasteiger charge is -2.25. The molecule has 0 fully saturated rings. The van der Waals surface area contributed by atoms with E-state index in [9.17, 15) is 0 Å². The molecule has 0 aromatic carbocycles. The molecular formula is C8H22OSi2. The molecule has 0 aromatic heterocycles. The molecule has 11 heavy (non-hydrogen) atoms. The minimum absolute atomic E-state index is 0.179. The molecule has 0 aliphatic carbocycles. The Morgan fingerprint density at radius 2 is 2.00 bits per heavy atom. The van der Waals surface area contributed by atoms with Crippen LogP contribution in [0.2, 0.25) is 25.7 Å². The van der Waals surface area contributed by atoms with Gasteiger partial charge >= 0.3 is 0 Å². The molecule has 0 aliphatic rings. The van der Waals surface area contributed by atoms with Gasteiger partial charge in [0.2, 0.25) is 0 Å². The van der Waals surface area contributed by atoms with Crippen LogP contribution in [0.25, 0.3) is 0 Å². The van der Waals surface area contributed by atoms with E-state index in [0.29, 0.717) is 0 Å². The highest BCUT2D eigenvalue weighted by Crippen LogP contribution is 2.19. The Morgan fingerprint density at radius 1 is 1.45 bits per heavy atom. The van der Waals surface area contributed by atoms with Crippen molar-refractivity contribution in [3.63, 3.8) is 0 Å². The van der Waals surface area contributed by atoms with E-state index in [1.807, 2.05) is 0 Å². The second-order valence-corrected chi connectivity index (χ2v) is 9.57. The molecule has 1 atom stereocenters. The second-order valence-electron chi connectivity index (χ2n) is 3.91. The maximum Gasteiger partial charge on any atom is 0.173 e. The predicted molar refractivity (Wildman–Crippen MR) is 57.2 cm³/mol. The van der Waals surface area contributed by atoms with Crippen molar-refractivity contribution < 1.29 is 4.12 Å². The van der Waals surface area contributed by atoms with Gasteiger partial charge in [-0.15, -0.1) is 0 Å². The standard InChI is InChI=1S/C8H22OSi2/c1-6-8(2)7-11(4,5)9-10-3/h8H,6-7,10H2,1-5H3. The molecule has 0 aliphatic heterocycles. The van der Waals surface area contributed by atoms with E-state index in [4.69, 9.17) is 4.12 Å². The first-order chi connectivity index (χ1) is 5.02. The Balaban J connectivity index is 3.70. The molecule has 3 heteroatoms. The fourth-order valence-electron chi connectivity index (χ4n) is 1.43. The first-order valence-corrected chi connectivity index (χ1v) is 9.76. The zero-order valence-corrected chi connectivity index (χ0v) is 11.0. The van der Waals surface area contributed by atoms with Gasteiger partial charge < -0.3 is 4.12 Å². The minimum Gasteiger partial charge on any atom is -0.461 e. The number of rotatable bonds is 5. The van der Waals surface area contributed by atoms with Gasteiger partial charge in [-0.1, -0.05) is 26.8 Å². The molecule has 0 saturated carbocycles. The Bertz CT molecular complexity index is 104. The van der Waals surface area contributed by atoms with Crippen molar-refractivity contribution in [2.45, 2.75) is 46.0 Å². The van der Waals surface area contributed by atoms with E-state index in [1.54, 1.807) is 0 Å². The smallest absolute Gasteiger partial charge is 0.173 e. The van der Waals surface area contributed by atoms with Crippen LogP contribution in [0.3, 0.4) is 0 Å². The van der Waals surface area contributed by atoms with Crippen LogP contribution in [0, 0.1) is 5.92 Å².